The Bertz CT molecular complexity index is 3420. The van der Waals surface area contributed by atoms with Gasteiger partial charge in [-0.05, 0) is 95.1 Å². The van der Waals surface area contributed by atoms with E-state index in [4.69, 9.17) is 0 Å². The second-order valence-electron chi connectivity index (χ2n) is 14.0. The largest absolute Gasteiger partial charge is 0.309 e. The molecular weight excluding hydrogens is 689 g/mol. The normalized spacial score (nSPS) is 11.6. The molecule has 11 aromatic rings. The number of hydrogen-bond acceptors (Lipinski definition) is 3. The zero-order valence-electron chi connectivity index (χ0n) is 29.4. The number of thiophene rings is 1. The van der Waals surface area contributed by atoms with Crippen LogP contribution in [0.15, 0.2) is 170 Å². The third-order valence-electron chi connectivity index (χ3n) is 10.9. The molecule has 0 amide bonds. The summed E-state index contributed by atoms with van der Waals surface area (Å²) in [7, 11) is 0. The first-order valence-electron chi connectivity index (χ1n) is 18.2. The molecule has 3 heterocycles. The fraction of sp³-hybridized carbons (Fsp3) is 0. The van der Waals surface area contributed by atoms with Gasteiger partial charge >= 0.3 is 0 Å². The van der Waals surface area contributed by atoms with Crippen LogP contribution in [0.3, 0.4) is 0 Å². The number of nitriles is 2. The summed E-state index contributed by atoms with van der Waals surface area (Å²) in [5.41, 5.74) is 12.0. The minimum Gasteiger partial charge on any atom is -0.309 e. The number of fused-ring (bicyclic) bond motifs is 10. The molecule has 4 nitrogen and oxygen atoms in total. The summed E-state index contributed by atoms with van der Waals surface area (Å²) < 4.78 is 7.06. The average molecular weight is 717 g/mol. The van der Waals surface area contributed by atoms with Crippen molar-refractivity contribution in [1.29, 1.82) is 10.5 Å². The van der Waals surface area contributed by atoms with E-state index in [1.165, 1.54) is 36.3 Å². The number of aromatic nitrogens is 2. The van der Waals surface area contributed by atoms with E-state index in [1.54, 1.807) is 11.3 Å². The van der Waals surface area contributed by atoms with Crippen molar-refractivity contribution >= 4 is 75.1 Å². The third kappa shape index (κ3) is 4.68. The quantitative estimate of drug-likeness (QED) is 0.182. The van der Waals surface area contributed by atoms with Crippen LogP contribution >= 0.6 is 11.3 Å². The van der Waals surface area contributed by atoms with Crippen LogP contribution in [-0.2, 0) is 0 Å². The highest BCUT2D eigenvalue weighted by Crippen LogP contribution is 2.44. The molecule has 0 aliphatic heterocycles. The molecule has 0 fully saturated rings. The highest BCUT2D eigenvalue weighted by atomic mass is 32.1. The van der Waals surface area contributed by atoms with Gasteiger partial charge in [0.25, 0.3) is 0 Å². The summed E-state index contributed by atoms with van der Waals surface area (Å²) in [6.07, 6.45) is 0. The molecule has 3 aromatic heterocycles. The van der Waals surface area contributed by atoms with E-state index in [2.05, 4.69) is 167 Å². The Morgan fingerprint density at radius 2 is 1.02 bits per heavy atom. The summed E-state index contributed by atoms with van der Waals surface area (Å²) in [5.74, 6) is 0. The number of hydrogen-bond donors (Lipinski definition) is 0. The van der Waals surface area contributed by atoms with Crippen molar-refractivity contribution in [2.24, 2.45) is 0 Å². The van der Waals surface area contributed by atoms with Crippen LogP contribution in [0.5, 0.6) is 0 Å². The van der Waals surface area contributed by atoms with Crippen LogP contribution < -0.4 is 0 Å². The zero-order chi connectivity index (χ0) is 36.6. The van der Waals surface area contributed by atoms with E-state index in [1.807, 2.05) is 24.3 Å². The SMILES string of the molecule is N#Cc1cc(-c2ccccc2-c2cccc(-n3c4ccccc4c4c5sc6ccc(C#N)cc6c5ccc43)c2)cc(-n2c3ccccc3c3ccccc32)c1. The van der Waals surface area contributed by atoms with Gasteiger partial charge in [-0.1, -0.05) is 97.1 Å². The van der Waals surface area contributed by atoms with Crippen molar-refractivity contribution in [2.75, 3.05) is 0 Å². The monoisotopic (exact) mass is 716 g/mol. The van der Waals surface area contributed by atoms with E-state index in [9.17, 15) is 10.5 Å². The molecule has 0 unspecified atom stereocenters. The van der Waals surface area contributed by atoms with Crippen LogP contribution in [0.1, 0.15) is 11.1 Å². The highest BCUT2D eigenvalue weighted by Gasteiger charge is 2.19. The predicted octanol–water partition coefficient (Wildman–Crippen LogP) is 13.3. The number of para-hydroxylation sites is 3. The number of benzene rings is 8. The van der Waals surface area contributed by atoms with E-state index >= 15 is 0 Å². The van der Waals surface area contributed by atoms with Crippen molar-refractivity contribution in [3.63, 3.8) is 0 Å². The number of rotatable bonds is 4. The smallest absolute Gasteiger partial charge is 0.0992 e. The van der Waals surface area contributed by atoms with Gasteiger partial charge in [-0.2, -0.15) is 10.5 Å². The summed E-state index contributed by atoms with van der Waals surface area (Å²) >= 11 is 1.79. The molecule has 0 radical (unpaired) electrons. The van der Waals surface area contributed by atoms with E-state index in [0.29, 0.717) is 11.1 Å². The van der Waals surface area contributed by atoms with Gasteiger partial charge in [0.1, 0.15) is 0 Å². The van der Waals surface area contributed by atoms with E-state index in [0.717, 1.165) is 61.1 Å². The Balaban J connectivity index is 1.10. The van der Waals surface area contributed by atoms with Gasteiger partial charge in [0.2, 0.25) is 0 Å². The van der Waals surface area contributed by atoms with E-state index in [-0.39, 0.29) is 0 Å². The zero-order valence-corrected chi connectivity index (χ0v) is 30.2. The third-order valence-corrected chi connectivity index (χ3v) is 12.1. The Morgan fingerprint density at radius 1 is 0.400 bits per heavy atom. The molecule has 0 spiro atoms. The van der Waals surface area contributed by atoms with Crippen molar-refractivity contribution in [3.05, 3.63) is 181 Å². The van der Waals surface area contributed by atoms with Gasteiger partial charge < -0.3 is 9.13 Å². The Labute approximate surface area is 320 Å². The molecule has 5 heteroatoms. The fourth-order valence-corrected chi connectivity index (χ4v) is 9.83. The number of nitrogens with zero attached hydrogens (tertiary/aromatic N) is 4. The van der Waals surface area contributed by atoms with Gasteiger partial charge in [-0.3, -0.25) is 0 Å². The Kier molecular flexibility index (Phi) is 6.82. The highest BCUT2D eigenvalue weighted by molar-refractivity contribution is 7.26. The van der Waals surface area contributed by atoms with Crippen LogP contribution in [0, 0.1) is 22.7 Å². The lowest BCUT2D eigenvalue weighted by molar-refractivity contribution is 1.18. The molecule has 11 rings (SSSR count). The maximum Gasteiger partial charge on any atom is 0.0992 e. The van der Waals surface area contributed by atoms with Crippen molar-refractivity contribution < 1.29 is 0 Å². The first-order valence-corrected chi connectivity index (χ1v) is 19.0. The predicted molar refractivity (Wildman–Crippen MR) is 228 cm³/mol. The molecule has 0 atom stereocenters. The minimum absolute atomic E-state index is 0.611. The van der Waals surface area contributed by atoms with Gasteiger partial charge in [0.15, 0.2) is 0 Å². The van der Waals surface area contributed by atoms with Gasteiger partial charge in [0.05, 0.1) is 45.3 Å². The molecule has 0 bridgehead atoms. The van der Waals surface area contributed by atoms with E-state index < -0.39 is 0 Å². The van der Waals surface area contributed by atoms with Gasteiger partial charge in [-0.15, -0.1) is 11.3 Å². The van der Waals surface area contributed by atoms with Crippen LogP contribution in [-0.4, -0.2) is 9.13 Å². The molecular formula is C50H28N4S. The average Bonchev–Trinajstić information content (AvgIpc) is 3.91. The lowest BCUT2D eigenvalue weighted by Gasteiger charge is -2.15. The lowest BCUT2D eigenvalue weighted by Crippen LogP contribution is -1.97. The summed E-state index contributed by atoms with van der Waals surface area (Å²) in [6.45, 7) is 0. The first-order chi connectivity index (χ1) is 27.2. The first kappa shape index (κ1) is 31.1. The maximum absolute atomic E-state index is 10.3. The van der Waals surface area contributed by atoms with Gasteiger partial charge in [0, 0.05) is 53.1 Å². The Hall–Kier alpha value is -7.44. The fourth-order valence-electron chi connectivity index (χ4n) is 8.59. The van der Waals surface area contributed by atoms with Gasteiger partial charge in [-0.25, -0.2) is 0 Å². The van der Waals surface area contributed by atoms with Crippen molar-refractivity contribution in [1.82, 2.24) is 9.13 Å². The molecule has 0 saturated heterocycles. The minimum atomic E-state index is 0.611. The second kappa shape index (κ2) is 12.0. The van der Waals surface area contributed by atoms with Crippen molar-refractivity contribution in [2.45, 2.75) is 0 Å². The van der Waals surface area contributed by atoms with Crippen molar-refractivity contribution in [3.8, 4) is 45.8 Å². The maximum atomic E-state index is 10.3. The molecule has 55 heavy (non-hydrogen) atoms. The van der Waals surface area contributed by atoms with Crippen LogP contribution in [0.25, 0.3) is 97.4 Å². The van der Waals surface area contributed by atoms with Crippen LogP contribution in [0.2, 0.25) is 0 Å². The second-order valence-corrected chi connectivity index (χ2v) is 15.0. The summed E-state index contributed by atoms with van der Waals surface area (Å²) in [6, 6.07) is 64.2. The Morgan fingerprint density at radius 3 is 1.75 bits per heavy atom. The molecule has 0 aliphatic rings. The molecule has 0 saturated carbocycles. The van der Waals surface area contributed by atoms with Crippen LogP contribution in [0.4, 0.5) is 0 Å². The standard InChI is InChI=1S/C50H28N4S/c51-29-31-20-23-48-43(26-31)41-21-22-47-49(50(41)55-48)42-16-5-8-19-46(42)53(47)35-11-9-10-33(27-35)37-12-1-2-13-38(37)34-24-32(30-52)25-36(28-34)54-44-17-6-3-14-39(44)40-15-4-7-18-45(40)54/h1-28H. The summed E-state index contributed by atoms with van der Waals surface area (Å²) in [5, 5.41) is 27.0. The molecule has 254 valence electrons. The molecule has 0 N–H and O–H groups in total. The lowest BCUT2D eigenvalue weighted by atomic mass is 9.93. The summed E-state index contributed by atoms with van der Waals surface area (Å²) in [4.78, 5) is 0. The topological polar surface area (TPSA) is 57.4 Å². The molecule has 8 aromatic carbocycles. The molecule has 0 aliphatic carbocycles.